The zero-order valence-electron chi connectivity index (χ0n) is 16.4. The second kappa shape index (κ2) is 7.24. The van der Waals surface area contributed by atoms with Crippen molar-refractivity contribution in [3.63, 3.8) is 0 Å². The van der Waals surface area contributed by atoms with Gasteiger partial charge in [0.1, 0.15) is 0 Å². The van der Waals surface area contributed by atoms with Crippen LogP contribution >= 0.6 is 0 Å². The minimum absolute atomic E-state index is 0.135. The number of aromatic nitrogens is 2. The normalized spacial score (nSPS) is 15.2. The Morgan fingerprint density at radius 1 is 1.07 bits per heavy atom. The van der Waals surface area contributed by atoms with E-state index in [0.717, 1.165) is 35.3 Å². The van der Waals surface area contributed by atoms with Crippen molar-refractivity contribution >= 4 is 10.0 Å². The largest absolute Gasteiger partial charge is 0.416 e. The van der Waals surface area contributed by atoms with Crippen molar-refractivity contribution in [3.8, 4) is 16.9 Å². The lowest BCUT2D eigenvalue weighted by molar-refractivity contribution is -0.137. The molecule has 0 unspecified atom stereocenters. The van der Waals surface area contributed by atoms with E-state index in [1.54, 1.807) is 4.68 Å². The van der Waals surface area contributed by atoms with E-state index in [9.17, 15) is 21.6 Å². The van der Waals surface area contributed by atoms with E-state index in [0.29, 0.717) is 29.8 Å². The smallest absolute Gasteiger partial charge is 0.237 e. The summed E-state index contributed by atoms with van der Waals surface area (Å²) in [4.78, 5) is 0. The Balaban J connectivity index is 1.86. The summed E-state index contributed by atoms with van der Waals surface area (Å²) in [5.41, 5.74) is 3.73. The van der Waals surface area contributed by atoms with Crippen LogP contribution < -0.4 is 0 Å². The van der Waals surface area contributed by atoms with Gasteiger partial charge in [-0.25, -0.2) is 13.1 Å². The van der Waals surface area contributed by atoms with Gasteiger partial charge in [0.25, 0.3) is 0 Å². The fourth-order valence-corrected chi connectivity index (χ4v) is 4.49. The molecule has 0 N–H and O–H groups in total. The molecule has 0 bridgehead atoms. The maximum Gasteiger partial charge on any atom is 0.416 e. The molecule has 4 rings (SSSR count). The molecule has 158 valence electrons. The maximum atomic E-state index is 12.9. The molecule has 0 radical (unpaired) electrons. The zero-order valence-corrected chi connectivity index (χ0v) is 17.3. The van der Waals surface area contributed by atoms with Gasteiger partial charge in [-0.2, -0.15) is 22.6 Å². The van der Waals surface area contributed by atoms with Gasteiger partial charge in [0, 0.05) is 30.6 Å². The molecule has 1 aliphatic rings. The molecule has 0 aliphatic carbocycles. The fraction of sp³-hybridized carbons (Fsp3) is 0.286. The van der Waals surface area contributed by atoms with Gasteiger partial charge in [-0.3, -0.25) is 0 Å². The fourth-order valence-electron chi connectivity index (χ4n) is 3.70. The molecule has 1 aromatic heterocycles. The summed E-state index contributed by atoms with van der Waals surface area (Å²) in [6, 6.07) is 12.5. The lowest BCUT2D eigenvalue weighted by Crippen LogP contribution is -2.35. The number of benzene rings is 2. The third kappa shape index (κ3) is 3.87. The topological polar surface area (TPSA) is 55.2 Å². The number of sulfonamides is 1. The summed E-state index contributed by atoms with van der Waals surface area (Å²) < 4.78 is 66.2. The molecule has 1 aliphatic heterocycles. The quantitative estimate of drug-likeness (QED) is 0.620. The first kappa shape index (κ1) is 20.6. The van der Waals surface area contributed by atoms with Crippen LogP contribution in [0.5, 0.6) is 0 Å². The van der Waals surface area contributed by atoms with Crippen molar-refractivity contribution in [2.24, 2.45) is 0 Å². The van der Waals surface area contributed by atoms with Gasteiger partial charge >= 0.3 is 6.18 Å². The van der Waals surface area contributed by atoms with Gasteiger partial charge in [-0.1, -0.05) is 24.3 Å². The van der Waals surface area contributed by atoms with Crippen molar-refractivity contribution in [2.75, 3.05) is 12.8 Å². The molecule has 0 saturated carbocycles. The van der Waals surface area contributed by atoms with Crippen LogP contribution in [0.1, 0.15) is 22.4 Å². The molecule has 30 heavy (non-hydrogen) atoms. The van der Waals surface area contributed by atoms with Gasteiger partial charge in [-0.15, -0.1) is 0 Å². The van der Waals surface area contributed by atoms with Crippen LogP contribution in [0.25, 0.3) is 16.9 Å². The van der Waals surface area contributed by atoms with E-state index in [2.05, 4.69) is 0 Å². The van der Waals surface area contributed by atoms with E-state index in [-0.39, 0.29) is 6.54 Å². The number of aryl methyl sites for hydroxylation is 1. The molecular weight excluding hydrogens is 415 g/mol. The lowest BCUT2D eigenvalue weighted by atomic mass is 10.0. The van der Waals surface area contributed by atoms with Gasteiger partial charge in [0.15, 0.2) is 0 Å². The predicted octanol–water partition coefficient (Wildman–Crippen LogP) is 4.18. The Kier molecular flexibility index (Phi) is 4.98. The summed E-state index contributed by atoms with van der Waals surface area (Å²) in [5.74, 6) is 0. The monoisotopic (exact) mass is 435 g/mol. The Morgan fingerprint density at radius 3 is 2.37 bits per heavy atom. The predicted molar refractivity (Wildman–Crippen MR) is 108 cm³/mol. The number of fused-ring (bicyclic) bond motifs is 1. The first-order valence-electron chi connectivity index (χ1n) is 9.34. The summed E-state index contributed by atoms with van der Waals surface area (Å²) in [7, 11) is -3.41. The molecule has 0 saturated heterocycles. The Labute approximate surface area is 172 Å². The molecule has 2 heterocycles. The molecular formula is C21H20F3N3O2S. The van der Waals surface area contributed by atoms with Gasteiger partial charge in [-0.05, 0) is 36.8 Å². The number of hydrogen-bond donors (Lipinski definition) is 0. The van der Waals surface area contributed by atoms with E-state index in [4.69, 9.17) is 5.10 Å². The summed E-state index contributed by atoms with van der Waals surface area (Å²) in [6.45, 7) is 2.42. The molecule has 5 nitrogen and oxygen atoms in total. The van der Waals surface area contributed by atoms with E-state index in [1.807, 2.05) is 31.2 Å². The van der Waals surface area contributed by atoms with Crippen LogP contribution in [0.2, 0.25) is 0 Å². The van der Waals surface area contributed by atoms with E-state index in [1.165, 1.54) is 16.4 Å². The summed E-state index contributed by atoms with van der Waals surface area (Å²) in [6.07, 6.45) is -2.81. The van der Waals surface area contributed by atoms with Crippen molar-refractivity contribution < 1.29 is 21.6 Å². The number of halogens is 3. The second-order valence-electron chi connectivity index (χ2n) is 7.45. The second-order valence-corrected chi connectivity index (χ2v) is 9.43. The molecule has 0 spiro atoms. The van der Waals surface area contributed by atoms with Crippen LogP contribution in [0, 0.1) is 6.92 Å². The highest BCUT2D eigenvalue weighted by atomic mass is 32.2. The van der Waals surface area contributed by atoms with Crippen molar-refractivity contribution in [1.29, 1.82) is 0 Å². The van der Waals surface area contributed by atoms with Crippen LogP contribution in [0.15, 0.2) is 48.5 Å². The average Bonchev–Trinajstić information content (AvgIpc) is 3.06. The first-order chi connectivity index (χ1) is 14.0. The zero-order chi connectivity index (χ0) is 21.7. The highest BCUT2D eigenvalue weighted by Gasteiger charge is 2.32. The third-order valence-corrected chi connectivity index (χ3v) is 6.47. The molecule has 0 atom stereocenters. The first-order valence-corrected chi connectivity index (χ1v) is 11.2. The lowest BCUT2D eigenvalue weighted by Gasteiger charge is -2.25. The molecule has 2 aromatic carbocycles. The number of alkyl halides is 3. The molecule has 0 fully saturated rings. The van der Waals surface area contributed by atoms with Crippen molar-refractivity contribution in [3.05, 3.63) is 70.9 Å². The van der Waals surface area contributed by atoms with Crippen molar-refractivity contribution in [2.45, 2.75) is 26.1 Å². The van der Waals surface area contributed by atoms with Gasteiger partial charge in [0.2, 0.25) is 10.0 Å². The van der Waals surface area contributed by atoms with Crippen LogP contribution in [-0.4, -0.2) is 35.3 Å². The SMILES string of the molecule is Cc1cccc(-n2nc(-c3ccc(C(F)(F)F)cc3)c3c2CCN(S(C)(=O)=O)C3)c1. The van der Waals surface area contributed by atoms with Crippen LogP contribution in [0.4, 0.5) is 13.2 Å². The van der Waals surface area contributed by atoms with Crippen LogP contribution in [-0.2, 0) is 29.2 Å². The highest BCUT2D eigenvalue weighted by Crippen LogP contribution is 2.35. The third-order valence-electron chi connectivity index (χ3n) is 5.22. The van der Waals surface area contributed by atoms with Crippen molar-refractivity contribution in [1.82, 2.24) is 14.1 Å². The maximum absolute atomic E-state index is 12.9. The molecule has 9 heteroatoms. The Morgan fingerprint density at radius 2 is 1.77 bits per heavy atom. The van der Waals surface area contributed by atoms with E-state index >= 15 is 0 Å². The Hall–Kier alpha value is -2.65. The van der Waals surface area contributed by atoms with Crippen LogP contribution in [0.3, 0.4) is 0 Å². The van der Waals surface area contributed by atoms with Gasteiger partial charge in [0.05, 0.1) is 28.9 Å². The number of rotatable bonds is 3. The average molecular weight is 435 g/mol. The summed E-state index contributed by atoms with van der Waals surface area (Å²) >= 11 is 0. The highest BCUT2D eigenvalue weighted by molar-refractivity contribution is 7.88. The molecule has 3 aromatic rings. The molecule has 0 amide bonds. The minimum atomic E-state index is -4.42. The van der Waals surface area contributed by atoms with E-state index < -0.39 is 21.8 Å². The number of nitrogens with zero attached hydrogens (tertiary/aromatic N) is 3. The minimum Gasteiger partial charge on any atom is -0.237 e. The van der Waals surface area contributed by atoms with Gasteiger partial charge < -0.3 is 0 Å². The summed E-state index contributed by atoms with van der Waals surface area (Å²) in [5, 5.41) is 4.70. The Bertz CT molecular complexity index is 1200. The number of hydrogen-bond acceptors (Lipinski definition) is 3. The standard InChI is InChI=1S/C21H20F3N3O2S/c1-14-4-3-5-17(12-14)27-19-10-11-26(30(2,28)29)13-18(19)20(25-27)15-6-8-16(9-7-15)21(22,23)24/h3-9,12H,10-11,13H2,1-2H3.